The number of amides is 2. The van der Waals surface area contributed by atoms with Crippen molar-refractivity contribution in [3.8, 4) is 5.75 Å². The smallest absolute Gasteiger partial charge is 0.317 e. The summed E-state index contributed by atoms with van der Waals surface area (Å²) in [6.07, 6.45) is 2.19. The van der Waals surface area contributed by atoms with Crippen LogP contribution in [-0.4, -0.2) is 48.9 Å². The Hall–Kier alpha value is -1.75. The van der Waals surface area contributed by atoms with Crippen molar-refractivity contribution < 1.29 is 14.6 Å². The van der Waals surface area contributed by atoms with E-state index in [1.807, 2.05) is 12.1 Å². The molecule has 1 fully saturated rings. The Morgan fingerprint density at radius 1 is 1.45 bits per heavy atom. The van der Waals surface area contributed by atoms with Gasteiger partial charge in [-0.05, 0) is 42.9 Å². The fourth-order valence-corrected chi connectivity index (χ4v) is 2.75. The van der Waals surface area contributed by atoms with E-state index in [0.29, 0.717) is 19.0 Å². The second-order valence-electron chi connectivity index (χ2n) is 6.09. The molecule has 0 aliphatic carbocycles. The summed E-state index contributed by atoms with van der Waals surface area (Å²) in [7, 11) is 1.66. The summed E-state index contributed by atoms with van der Waals surface area (Å²) in [6.45, 7) is 3.93. The number of aliphatic hydroxyl groups is 1. The number of carbonyl (C=O) groups excluding carboxylic acids is 1. The first kappa shape index (κ1) is 16.6. The Bertz CT molecular complexity index is 475. The van der Waals surface area contributed by atoms with Crippen LogP contribution in [-0.2, 0) is 6.42 Å². The van der Waals surface area contributed by atoms with E-state index in [4.69, 9.17) is 4.74 Å². The summed E-state index contributed by atoms with van der Waals surface area (Å²) < 4.78 is 5.15. The Kier molecular flexibility index (Phi) is 6.07. The Morgan fingerprint density at radius 3 is 2.82 bits per heavy atom. The van der Waals surface area contributed by atoms with Crippen LogP contribution in [0.4, 0.5) is 4.79 Å². The first-order valence-corrected chi connectivity index (χ1v) is 7.92. The van der Waals surface area contributed by atoms with Crippen LogP contribution in [0.2, 0.25) is 0 Å². The third kappa shape index (κ3) is 4.91. The van der Waals surface area contributed by atoms with Gasteiger partial charge in [0.05, 0.1) is 13.2 Å². The summed E-state index contributed by atoms with van der Waals surface area (Å²) in [6, 6.07) is 7.95. The Balaban J connectivity index is 1.74. The number of hydrogen-bond donors (Lipinski definition) is 2. The molecular formula is C17H26N2O3. The van der Waals surface area contributed by atoms with Crippen molar-refractivity contribution in [2.75, 3.05) is 26.7 Å². The summed E-state index contributed by atoms with van der Waals surface area (Å²) in [5.74, 6) is 1.21. The molecule has 0 spiro atoms. The van der Waals surface area contributed by atoms with Crippen molar-refractivity contribution in [1.82, 2.24) is 10.2 Å². The molecule has 0 saturated carbocycles. The third-order valence-electron chi connectivity index (χ3n) is 4.03. The monoisotopic (exact) mass is 306 g/mol. The maximum Gasteiger partial charge on any atom is 0.317 e. The molecular weight excluding hydrogens is 280 g/mol. The number of nitrogens with zero attached hydrogens (tertiary/aromatic N) is 1. The molecule has 2 N–H and O–H groups in total. The number of aliphatic hydroxyl groups excluding tert-OH is 1. The SMILES string of the molecule is COc1ccc(CC(C)CNC(=O)N2CCCC(O)C2)cc1. The first-order valence-electron chi connectivity index (χ1n) is 7.92. The van der Waals surface area contributed by atoms with Crippen molar-refractivity contribution in [3.05, 3.63) is 29.8 Å². The first-order chi connectivity index (χ1) is 10.6. The molecule has 122 valence electrons. The number of carbonyl (C=O) groups is 1. The van der Waals surface area contributed by atoms with Crippen LogP contribution in [0.15, 0.2) is 24.3 Å². The lowest BCUT2D eigenvalue weighted by Crippen LogP contribution is -2.48. The zero-order valence-corrected chi connectivity index (χ0v) is 13.4. The highest BCUT2D eigenvalue weighted by Crippen LogP contribution is 2.14. The quantitative estimate of drug-likeness (QED) is 0.875. The van der Waals surface area contributed by atoms with Crippen molar-refractivity contribution in [1.29, 1.82) is 0 Å². The van der Waals surface area contributed by atoms with Gasteiger partial charge in [-0.3, -0.25) is 0 Å². The van der Waals surface area contributed by atoms with Gasteiger partial charge in [0.15, 0.2) is 0 Å². The molecule has 22 heavy (non-hydrogen) atoms. The van der Waals surface area contributed by atoms with Gasteiger partial charge in [0.2, 0.25) is 0 Å². The number of nitrogens with one attached hydrogen (secondary N) is 1. The maximum absolute atomic E-state index is 12.1. The van der Waals surface area contributed by atoms with E-state index in [2.05, 4.69) is 24.4 Å². The molecule has 2 unspecified atom stereocenters. The number of piperidine rings is 1. The molecule has 1 saturated heterocycles. The number of rotatable bonds is 5. The van der Waals surface area contributed by atoms with Crippen molar-refractivity contribution in [2.45, 2.75) is 32.3 Å². The largest absolute Gasteiger partial charge is 0.497 e. The molecule has 5 nitrogen and oxygen atoms in total. The molecule has 0 radical (unpaired) electrons. The molecule has 0 bridgehead atoms. The molecule has 1 aromatic carbocycles. The van der Waals surface area contributed by atoms with Gasteiger partial charge >= 0.3 is 6.03 Å². The van der Waals surface area contributed by atoms with E-state index >= 15 is 0 Å². The van der Waals surface area contributed by atoms with Gasteiger partial charge in [-0.1, -0.05) is 19.1 Å². The molecule has 2 atom stereocenters. The molecule has 5 heteroatoms. The number of benzene rings is 1. The molecule has 0 aromatic heterocycles. The van der Waals surface area contributed by atoms with Gasteiger partial charge in [-0.2, -0.15) is 0 Å². The second-order valence-corrected chi connectivity index (χ2v) is 6.09. The number of likely N-dealkylation sites (tertiary alicyclic amines) is 1. The summed E-state index contributed by atoms with van der Waals surface area (Å²) in [4.78, 5) is 13.8. The molecule has 1 aromatic rings. The fraction of sp³-hybridized carbons (Fsp3) is 0.588. The van der Waals surface area contributed by atoms with Crippen molar-refractivity contribution in [2.24, 2.45) is 5.92 Å². The summed E-state index contributed by atoms with van der Waals surface area (Å²) >= 11 is 0. The predicted molar refractivity (Wildman–Crippen MR) is 86.1 cm³/mol. The molecule has 1 aliphatic rings. The van der Waals surface area contributed by atoms with Gasteiger partial charge in [0.25, 0.3) is 0 Å². The van der Waals surface area contributed by atoms with Crippen LogP contribution >= 0.6 is 0 Å². The minimum absolute atomic E-state index is 0.0691. The van der Waals surface area contributed by atoms with Gasteiger partial charge in [0.1, 0.15) is 5.75 Å². The normalized spacial score (nSPS) is 19.6. The highest BCUT2D eigenvalue weighted by Gasteiger charge is 2.21. The van der Waals surface area contributed by atoms with Crippen LogP contribution < -0.4 is 10.1 Å². The summed E-state index contributed by atoms with van der Waals surface area (Å²) in [5, 5.41) is 12.6. The average Bonchev–Trinajstić information content (AvgIpc) is 2.53. The van der Waals surface area contributed by atoms with E-state index in [1.54, 1.807) is 12.0 Å². The van der Waals surface area contributed by atoms with E-state index in [9.17, 15) is 9.90 Å². The van der Waals surface area contributed by atoms with E-state index in [0.717, 1.165) is 31.6 Å². The van der Waals surface area contributed by atoms with Crippen molar-refractivity contribution >= 4 is 6.03 Å². The van der Waals surface area contributed by atoms with Crippen LogP contribution in [0.5, 0.6) is 5.75 Å². The zero-order chi connectivity index (χ0) is 15.9. The number of hydrogen-bond acceptors (Lipinski definition) is 3. The predicted octanol–water partition coefficient (Wildman–Crippen LogP) is 2.04. The number of β-amino-alcohol motifs (C(OH)–C–C–N with tert-alkyl or cyclic N) is 1. The van der Waals surface area contributed by atoms with Crippen LogP contribution in [0.3, 0.4) is 0 Å². The third-order valence-corrected chi connectivity index (χ3v) is 4.03. The van der Waals surface area contributed by atoms with Crippen LogP contribution in [0, 0.1) is 5.92 Å². The zero-order valence-electron chi connectivity index (χ0n) is 13.4. The highest BCUT2D eigenvalue weighted by atomic mass is 16.5. The molecule has 2 amide bonds. The lowest BCUT2D eigenvalue weighted by Gasteiger charge is -2.30. The lowest BCUT2D eigenvalue weighted by molar-refractivity contribution is 0.0840. The number of urea groups is 1. The number of methoxy groups -OCH3 is 1. The van der Waals surface area contributed by atoms with E-state index in [-0.39, 0.29) is 12.1 Å². The highest BCUT2D eigenvalue weighted by molar-refractivity contribution is 5.74. The minimum Gasteiger partial charge on any atom is -0.497 e. The Labute approximate surface area is 132 Å². The minimum atomic E-state index is -0.378. The molecule has 1 aliphatic heterocycles. The average molecular weight is 306 g/mol. The van der Waals surface area contributed by atoms with E-state index in [1.165, 1.54) is 5.56 Å². The lowest BCUT2D eigenvalue weighted by atomic mass is 10.0. The van der Waals surface area contributed by atoms with Gasteiger partial charge in [-0.25, -0.2) is 4.79 Å². The van der Waals surface area contributed by atoms with Gasteiger partial charge in [-0.15, -0.1) is 0 Å². The molecule has 2 rings (SSSR count). The Morgan fingerprint density at radius 2 is 2.18 bits per heavy atom. The van der Waals surface area contributed by atoms with Crippen LogP contribution in [0.25, 0.3) is 0 Å². The number of ether oxygens (including phenoxy) is 1. The van der Waals surface area contributed by atoms with Gasteiger partial charge < -0.3 is 20.1 Å². The van der Waals surface area contributed by atoms with Crippen molar-refractivity contribution in [3.63, 3.8) is 0 Å². The van der Waals surface area contributed by atoms with E-state index < -0.39 is 0 Å². The van der Waals surface area contributed by atoms with Crippen LogP contribution in [0.1, 0.15) is 25.3 Å². The topological polar surface area (TPSA) is 61.8 Å². The summed E-state index contributed by atoms with van der Waals surface area (Å²) in [5.41, 5.74) is 1.23. The standard InChI is InChI=1S/C17H26N2O3/c1-13(10-14-5-7-16(22-2)8-6-14)11-18-17(21)19-9-3-4-15(20)12-19/h5-8,13,15,20H,3-4,9-12H2,1-2H3,(H,18,21). The fourth-order valence-electron chi connectivity index (χ4n) is 2.75. The second kappa shape index (κ2) is 8.03. The molecule has 1 heterocycles. The van der Waals surface area contributed by atoms with Gasteiger partial charge in [0, 0.05) is 19.6 Å². The maximum atomic E-state index is 12.1.